The van der Waals surface area contributed by atoms with Crippen LogP contribution in [-0.2, 0) is 0 Å². The molecule has 0 aliphatic heterocycles. The maximum atomic E-state index is 6.18. The van der Waals surface area contributed by atoms with Crippen LogP contribution >= 0.6 is 0 Å². The van der Waals surface area contributed by atoms with E-state index >= 15 is 0 Å². The van der Waals surface area contributed by atoms with Crippen molar-refractivity contribution in [1.82, 2.24) is 0 Å². The number of benzene rings is 1. The lowest BCUT2D eigenvalue weighted by atomic mass is 9.91. The zero-order valence-electron chi connectivity index (χ0n) is 11.9. The summed E-state index contributed by atoms with van der Waals surface area (Å²) in [4.78, 5) is 0. The highest BCUT2D eigenvalue weighted by molar-refractivity contribution is 5.49. The van der Waals surface area contributed by atoms with Gasteiger partial charge in [-0.15, -0.1) is 0 Å². The molecule has 0 saturated carbocycles. The van der Waals surface area contributed by atoms with Gasteiger partial charge in [0.1, 0.15) is 5.75 Å². The van der Waals surface area contributed by atoms with Gasteiger partial charge in [-0.1, -0.05) is 6.92 Å². The molecule has 0 radical (unpaired) electrons. The minimum absolute atomic E-state index is 0.127. The Balaban J connectivity index is 3.26. The lowest BCUT2D eigenvalue weighted by Crippen LogP contribution is -2.14. The standard InChI is InChI=1S/C15H25NO/c1-7-13(16)15-10(4)8-14(17-9(2)3)11(5)12(15)6/h8-9,13H,7,16H2,1-6H3. The van der Waals surface area contributed by atoms with E-state index in [1.54, 1.807) is 0 Å². The average Bonchev–Trinajstić information content (AvgIpc) is 2.24. The van der Waals surface area contributed by atoms with E-state index in [0.29, 0.717) is 0 Å². The molecule has 1 aromatic rings. The fourth-order valence-electron chi connectivity index (χ4n) is 2.22. The molecule has 0 aliphatic rings. The van der Waals surface area contributed by atoms with E-state index in [4.69, 9.17) is 10.5 Å². The molecule has 0 fully saturated rings. The molecular formula is C15H25NO. The molecule has 17 heavy (non-hydrogen) atoms. The molecule has 1 unspecified atom stereocenters. The maximum Gasteiger partial charge on any atom is 0.123 e. The minimum Gasteiger partial charge on any atom is -0.491 e. The van der Waals surface area contributed by atoms with Crippen LogP contribution in [0.5, 0.6) is 5.75 Å². The second-order valence-corrected chi connectivity index (χ2v) is 5.04. The zero-order valence-corrected chi connectivity index (χ0v) is 11.9. The monoisotopic (exact) mass is 235 g/mol. The molecular weight excluding hydrogens is 210 g/mol. The number of hydrogen-bond acceptors (Lipinski definition) is 2. The predicted octanol–water partition coefficient (Wildman–Crippen LogP) is 3.81. The van der Waals surface area contributed by atoms with E-state index in [1.807, 2.05) is 0 Å². The van der Waals surface area contributed by atoms with Gasteiger partial charge >= 0.3 is 0 Å². The molecule has 0 bridgehead atoms. The Bertz CT molecular complexity index is 396. The SMILES string of the molecule is CCC(N)c1c(C)cc(OC(C)C)c(C)c1C. The Kier molecular flexibility index (Phi) is 4.58. The summed E-state index contributed by atoms with van der Waals surface area (Å²) in [6, 6.07) is 2.24. The zero-order chi connectivity index (χ0) is 13.2. The van der Waals surface area contributed by atoms with E-state index in [-0.39, 0.29) is 12.1 Å². The van der Waals surface area contributed by atoms with Crippen molar-refractivity contribution in [3.8, 4) is 5.75 Å². The van der Waals surface area contributed by atoms with E-state index in [9.17, 15) is 0 Å². The van der Waals surface area contributed by atoms with E-state index in [0.717, 1.165) is 12.2 Å². The van der Waals surface area contributed by atoms with Crippen molar-refractivity contribution >= 4 is 0 Å². The van der Waals surface area contributed by atoms with Gasteiger partial charge in [0.05, 0.1) is 6.10 Å². The van der Waals surface area contributed by atoms with Gasteiger partial charge < -0.3 is 10.5 Å². The Labute approximate surface area is 105 Å². The summed E-state index contributed by atoms with van der Waals surface area (Å²) in [5, 5.41) is 0. The average molecular weight is 235 g/mol. The van der Waals surface area contributed by atoms with Gasteiger partial charge in [0.25, 0.3) is 0 Å². The van der Waals surface area contributed by atoms with Gasteiger partial charge in [0, 0.05) is 6.04 Å². The first-order valence-electron chi connectivity index (χ1n) is 6.41. The number of hydrogen-bond donors (Lipinski definition) is 1. The fourth-order valence-corrected chi connectivity index (χ4v) is 2.22. The third-order valence-electron chi connectivity index (χ3n) is 3.28. The Morgan fingerprint density at radius 2 is 1.76 bits per heavy atom. The van der Waals surface area contributed by atoms with E-state index in [2.05, 4.69) is 47.6 Å². The van der Waals surface area contributed by atoms with Gasteiger partial charge in [-0.05, 0) is 69.4 Å². The van der Waals surface area contributed by atoms with Gasteiger partial charge in [-0.3, -0.25) is 0 Å². The highest BCUT2D eigenvalue weighted by Gasteiger charge is 2.15. The third kappa shape index (κ3) is 3.01. The summed E-state index contributed by atoms with van der Waals surface area (Å²) in [6.07, 6.45) is 1.17. The van der Waals surface area contributed by atoms with Crippen LogP contribution in [0.15, 0.2) is 6.07 Å². The molecule has 2 heteroatoms. The largest absolute Gasteiger partial charge is 0.491 e. The second kappa shape index (κ2) is 5.54. The van der Waals surface area contributed by atoms with Crippen molar-refractivity contribution in [2.24, 2.45) is 5.73 Å². The van der Waals surface area contributed by atoms with E-state index < -0.39 is 0 Å². The molecule has 2 N–H and O–H groups in total. The van der Waals surface area contributed by atoms with Crippen LogP contribution in [0.1, 0.15) is 55.5 Å². The van der Waals surface area contributed by atoms with Crippen molar-refractivity contribution in [3.63, 3.8) is 0 Å². The van der Waals surface area contributed by atoms with Crippen LogP contribution in [0.25, 0.3) is 0 Å². The molecule has 0 saturated heterocycles. The molecule has 2 nitrogen and oxygen atoms in total. The molecule has 0 amide bonds. The van der Waals surface area contributed by atoms with Crippen LogP contribution in [0.4, 0.5) is 0 Å². The maximum absolute atomic E-state index is 6.18. The topological polar surface area (TPSA) is 35.2 Å². The van der Waals surface area contributed by atoms with Crippen molar-refractivity contribution in [3.05, 3.63) is 28.3 Å². The van der Waals surface area contributed by atoms with Crippen LogP contribution in [0.2, 0.25) is 0 Å². The molecule has 1 aromatic carbocycles. The van der Waals surface area contributed by atoms with Gasteiger partial charge in [0.2, 0.25) is 0 Å². The number of rotatable bonds is 4. The normalized spacial score (nSPS) is 12.9. The molecule has 96 valence electrons. The first-order chi connectivity index (χ1) is 7.88. The number of aryl methyl sites for hydroxylation is 1. The summed E-state index contributed by atoms with van der Waals surface area (Å²) in [5.74, 6) is 0.988. The molecule has 0 aromatic heterocycles. The first kappa shape index (κ1) is 14.0. The van der Waals surface area contributed by atoms with Crippen molar-refractivity contribution in [1.29, 1.82) is 0 Å². The highest BCUT2D eigenvalue weighted by atomic mass is 16.5. The summed E-state index contributed by atoms with van der Waals surface area (Å²) in [5.41, 5.74) is 11.2. The van der Waals surface area contributed by atoms with Gasteiger partial charge in [0.15, 0.2) is 0 Å². The fraction of sp³-hybridized carbons (Fsp3) is 0.600. The smallest absolute Gasteiger partial charge is 0.123 e. The summed E-state index contributed by atoms with van der Waals surface area (Å²) in [6.45, 7) is 12.6. The second-order valence-electron chi connectivity index (χ2n) is 5.04. The van der Waals surface area contributed by atoms with Crippen molar-refractivity contribution in [2.75, 3.05) is 0 Å². The van der Waals surface area contributed by atoms with Crippen molar-refractivity contribution in [2.45, 2.75) is 60.1 Å². The Hall–Kier alpha value is -1.02. The minimum atomic E-state index is 0.127. The first-order valence-corrected chi connectivity index (χ1v) is 6.41. The van der Waals surface area contributed by atoms with Crippen LogP contribution < -0.4 is 10.5 Å². The van der Waals surface area contributed by atoms with E-state index in [1.165, 1.54) is 22.3 Å². The summed E-state index contributed by atoms with van der Waals surface area (Å²) in [7, 11) is 0. The van der Waals surface area contributed by atoms with Crippen molar-refractivity contribution < 1.29 is 4.74 Å². The number of nitrogens with two attached hydrogens (primary N) is 1. The lowest BCUT2D eigenvalue weighted by molar-refractivity contribution is 0.240. The van der Waals surface area contributed by atoms with Gasteiger partial charge in [-0.25, -0.2) is 0 Å². The Morgan fingerprint density at radius 3 is 2.24 bits per heavy atom. The van der Waals surface area contributed by atoms with Crippen LogP contribution in [0.3, 0.4) is 0 Å². The summed E-state index contributed by atoms with van der Waals surface area (Å²) >= 11 is 0. The quantitative estimate of drug-likeness (QED) is 0.861. The third-order valence-corrected chi connectivity index (χ3v) is 3.28. The molecule has 1 atom stereocenters. The van der Waals surface area contributed by atoms with Crippen LogP contribution in [-0.4, -0.2) is 6.10 Å². The highest BCUT2D eigenvalue weighted by Crippen LogP contribution is 2.32. The number of ether oxygens (including phenoxy) is 1. The van der Waals surface area contributed by atoms with Crippen LogP contribution in [0, 0.1) is 20.8 Å². The predicted molar refractivity (Wildman–Crippen MR) is 73.6 cm³/mol. The molecule has 0 spiro atoms. The lowest BCUT2D eigenvalue weighted by Gasteiger charge is -2.21. The van der Waals surface area contributed by atoms with Gasteiger partial charge in [-0.2, -0.15) is 0 Å². The molecule has 0 heterocycles. The summed E-state index contributed by atoms with van der Waals surface area (Å²) < 4.78 is 5.83. The molecule has 0 aliphatic carbocycles. The molecule has 1 rings (SSSR count). The Morgan fingerprint density at radius 1 is 1.18 bits per heavy atom.